The van der Waals surface area contributed by atoms with Crippen molar-refractivity contribution < 1.29 is 19.1 Å². The summed E-state index contributed by atoms with van der Waals surface area (Å²) in [4.78, 5) is 42.1. The minimum absolute atomic E-state index is 0.182. The van der Waals surface area contributed by atoms with Crippen molar-refractivity contribution in [3.8, 4) is 0 Å². The van der Waals surface area contributed by atoms with Crippen LogP contribution in [0, 0.1) is 11.8 Å². The van der Waals surface area contributed by atoms with Crippen LogP contribution in [-0.4, -0.2) is 24.4 Å². The highest BCUT2D eigenvalue weighted by Crippen LogP contribution is 2.66. The number of imide groups is 1. The van der Waals surface area contributed by atoms with E-state index < -0.39 is 16.2 Å². The fraction of sp³-hybridized carbons (Fsp3) is 0.432. The molecule has 1 aliphatic heterocycles. The molecule has 0 unspecified atom stereocenters. The van der Waals surface area contributed by atoms with E-state index in [1.54, 1.807) is 24.3 Å². The Balaban J connectivity index is 1.09. The minimum Gasteiger partial charge on any atom is -0.462 e. The lowest BCUT2D eigenvalue weighted by atomic mass is 9.55. The molecule has 43 heavy (non-hydrogen) atoms. The molecule has 2 amide bonds. The van der Waals surface area contributed by atoms with Crippen LogP contribution in [0.4, 0.5) is 5.69 Å². The minimum atomic E-state index is -0.778. The van der Waals surface area contributed by atoms with Crippen LogP contribution < -0.4 is 4.90 Å². The number of alkyl halides is 1. The quantitative estimate of drug-likeness (QED) is 0.0810. The van der Waals surface area contributed by atoms with Crippen molar-refractivity contribution in [1.82, 2.24) is 0 Å². The van der Waals surface area contributed by atoms with Crippen LogP contribution in [0.3, 0.4) is 0 Å². The van der Waals surface area contributed by atoms with Crippen LogP contribution in [0.15, 0.2) is 72.8 Å². The largest absolute Gasteiger partial charge is 0.462 e. The third-order valence-electron chi connectivity index (χ3n) is 9.61. The zero-order chi connectivity index (χ0) is 30.0. The third-order valence-corrected chi connectivity index (χ3v) is 11.0. The normalized spacial score (nSPS) is 23.2. The summed E-state index contributed by atoms with van der Waals surface area (Å²) in [7, 11) is 0. The third kappa shape index (κ3) is 5.26. The summed E-state index contributed by atoms with van der Waals surface area (Å²) < 4.78 is 4.74. The monoisotopic (exact) mass is 641 g/mol. The molecule has 6 heteroatoms. The van der Waals surface area contributed by atoms with E-state index in [2.05, 4.69) is 47.1 Å². The molecular formula is C37H40BrNO4. The molecule has 3 aromatic carbocycles. The highest BCUT2D eigenvalue weighted by atomic mass is 79.9. The van der Waals surface area contributed by atoms with Gasteiger partial charge in [-0.25, -0.2) is 9.69 Å². The number of carbonyl (C=O) groups is 3. The number of hydrogen-bond donors (Lipinski definition) is 0. The second kappa shape index (κ2) is 12.8. The summed E-state index contributed by atoms with van der Waals surface area (Å²) in [5.41, 5.74) is 5.22. The van der Waals surface area contributed by atoms with Crippen LogP contribution >= 0.6 is 15.9 Å². The Morgan fingerprint density at radius 2 is 1.28 bits per heavy atom. The Labute approximate surface area is 263 Å². The number of anilines is 1. The second-order valence-corrected chi connectivity index (χ2v) is 13.5. The summed E-state index contributed by atoms with van der Waals surface area (Å²) in [6.45, 7) is 2.64. The van der Waals surface area contributed by atoms with Gasteiger partial charge in [0.1, 0.15) is 0 Å². The van der Waals surface area contributed by atoms with Gasteiger partial charge >= 0.3 is 5.97 Å². The maximum Gasteiger partial charge on any atom is 0.338 e. The number of benzene rings is 3. The molecule has 0 N–H and O–H groups in total. The fourth-order valence-corrected chi connectivity index (χ4v) is 8.72. The van der Waals surface area contributed by atoms with Gasteiger partial charge in [-0.1, -0.05) is 129 Å². The number of ether oxygens (including phenoxy) is 1. The number of nitrogens with zero attached hydrogens (tertiary/aromatic N) is 1. The van der Waals surface area contributed by atoms with E-state index in [1.807, 2.05) is 24.3 Å². The maximum atomic E-state index is 14.1. The van der Waals surface area contributed by atoms with Crippen LogP contribution in [-0.2, 0) is 18.7 Å². The lowest BCUT2D eigenvalue weighted by Crippen LogP contribution is -2.50. The van der Waals surface area contributed by atoms with Gasteiger partial charge in [0.05, 0.1) is 34.0 Å². The average molecular weight is 643 g/mol. The number of carbonyl (C=O) groups excluding carboxylic acids is 3. The average Bonchev–Trinajstić information content (AvgIpc) is 3.30. The molecule has 5 nitrogen and oxygen atoms in total. The summed E-state index contributed by atoms with van der Waals surface area (Å²) in [5.74, 6) is -2.01. The standard InChI is InChI=1S/C37H40BrNO4/c1-2-3-4-5-6-7-8-9-10-15-24-43-36(42)25-20-22-26(23-21-25)39-34(40)32-31-27-16-11-13-18-29(27)37(38,33(32)35(39)41)30-19-14-12-17-28(30)31/h11-14,16-23,31-33H,2-10,15,24H2,1H3/t31?,32-,33-,37?/m0/s1. The van der Waals surface area contributed by atoms with E-state index >= 15 is 0 Å². The Kier molecular flexibility index (Phi) is 8.85. The molecule has 3 aromatic rings. The smallest absolute Gasteiger partial charge is 0.338 e. The fourth-order valence-electron chi connectivity index (χ4n) is 7.52. The number of unbranched alkanes of at least 4 members (excludes halogenated alkanes) is 9. The Morgan fingerprint density at radius 3 is 1.86 bits per heavy atom. The van der Waals surface area contributed by atoms with Gasteiger partial charge in [-0.3, -0.25) is 9.59 Å². The van der Waals surface area contributed by atoms with Crippen LogP contribution in [0.2, 0.25) is 0 Å². The maximum absolute atomic E-state index is 14.1. The van der Waals surface area contributed by atoms with Crippen molar-refractivity contribution in [2.75, 3.05) is 11.5 Å². The van der Waals surface area contributed by atoms with E-state index in [0.717, 1.165) is 35.1 Å². The predicted octanol–water partition coefficient (Wildman–Crippen LogP) is 8.67. The van der Waals surface area contributed by atoms with Gasteiger partial charge in [-0.05, 0) is 52.9 Å². The van der Waals surface area contributed by atoms with Crippen LogP contribution in [0.1, 0.15) is 110 Å². The molecule has 4 aliphatic rings. The molecule has 0 radical (unpaired) electrons. The van der Waals surface area contributed by atoms with Gasteiger partial charge in [0.15, 0.2) is 0 Å². The SMILES string of the molecule is CCCCCCCCCCCCOC(=O)c1ccc(N2C(=O)[C@@H]3[C@@H](C2=O)C2c4ccccc4C3(Br)c3ccccc32)cc1. The number of hydrogen-bond acceptors (Lipinski definition) is 4. The molecular weight excluding hydrogens is 602 g/mol. The van der Waals surface area contributed by atoms with Crippen molar-refractivity contribution in [3.05, 3.63) is 101 Å². The van der Waals surface area contributed by atoms with E-state index in [0.29, 0.717) is 17.9 Å². The van der Waals surface area contributed by atoms with Gasteiger partial charge in [0, 0.05) is 5.92 Å². The van der Waals surface area contributed by atoms with Crippen molar-refractivity contribution in [1.29, 1.82) is 0 Å². The van der Waals surface area contributed by atoms with Gasteiger partial charge in [-0.2, -0.15) is 0 Å². The van der Waals surface area contributed by atoms with Crippen molar-refractivity contribution in [2.24, 2.45) is 11.8 Å². The van der Waals surface area contributed by atoms with E-state index in [4.69, 9.17) is 4.74 Å². The topological polar surface area (TPSA) is 63.7 Å². The van der Waals surface area contributed by atoms with Crippen LogP contribution in [0.5, 0.6) is 0 Å². The molecule has 7 rings (SSSR count). The van der Waals surface area contributed by atoms with Crippen molar-refractivity contribution in [3.63, 3.8) is 0 Å². The predicted molar refractivity (Wildman–Crippen MR) is 172 cm³/mol. The first kappa shape index (κ1) is 29.8. The van der Waals surface area contributed by atoms with E-state index in [1.165, 1.54) is 56.3 Å². The summed E-state index contributed by atoms with van der Waals surface area (Å²) in [5, 5.41) is 0. The number of rotatable bonds is 13. The molecule has 0 saturated carbocycles. The van der Waals surface area contributed by atoms with E-state index in [-0.39, 0.29) is 23.7 Å². The van der Waals surface area contributed by atoms with Gasteiger partial charge in [0.25, 0.3) is 0 Å². The highest BCUT2D eigenvalue weighted by molar-refractivity contribution is 9.09. The summed E-state index contributed by atoms with van der Waals surface area (Å²) in [6, 6.07) is 23.0. The molecule has 224 valence electrons. The zero-order valence-corrected chi connectivity index (χ0v) is 26.5. The molecule has 0 spiro atoms. The Hall–Kier alpha value is -3.25. The Bertz CT molecular complexity index is 1450. The molecule has 2 atom stereocenters. The number of halogens is 1. The highest BCUT2D eigenvalue weighted by Gasteiger charge is 2.67. The molecule has 3 aliphatic carbocycles. The summed E-state index contributed by atoms with van der Waals surface area (Å²) >= 11 is 4.03. The molecule has 2 bridgehead atoms. The van der Waals surface area contributed by atoms with Gasteiger partial charge in [0.2, 0.25) is 11.8 Å². The zero-order valence-electron chi connectivity index (χ0n) is 24.9. The van der Waals surface area contributed by atoms with Crippen molar-refractivity contribution in [2.45, 2.75) is 81.4 Å². The first-order valence-electron chi connectivity index (χ1n) is 16.0. The van der Waals surface area contributed by atoms with E-state index in [9.17, 15) is 14.4 Å². The van der Waals surface area contributed by atoms with Crippen molar-refractivity contribution >= 4 is 39.4 Å². The van der Waals surface area contributed by atoms with Gasteiger partial charge < -0.3 is 4.74 Å². The van der Waals surface area contributed by atoms with Crippen LogP contribution in [0.25, 0.3) is 0 Å². The summed E-state index contributed by atoms with van der Waals surface area (Å²) in [6.07, 6.45) is 12.3. The molecule has 1 saturated heterocycles. The lowest BCUT2D eigenvalue weighted by molar-refractivity contribution is -0.122. The molecule has 0 aromatic heterocycles. The molecule has 1 heterocycles. The first-order chi connectivity index (χ1) is 21.0. The number of esters is 1. The second-order valence-electron chi connectivity index (χ2n) is 12.2. The lowest BCUT2D eigenvalue weighted by Gasteiger charge is -2.51. The first-order valence-corrected chi connectivity index (χ1v) is 16.8. The molecule has 1 fully saturated rings. The van der Waals surface area contributed by atoms with Gasteiger partial charge in [-0.15, -0.1) is 0 Å². The number of amides is 2. The Morgan fingerprint density at radius 1 is 0.744 bits per heavy atom.